The van der Waals surface area contributed by atoms with E-state index in [1.54, 1.807) is 0 Å². The molecule has 1 saturated heterocycles. The van der Waals surface area contributed by atoms with E-state index in [-0.39, 0.29) is 28.7 Å². The molecule has 0 atom stereocenters. The second-order valence-corrected chi connectivity index (χ2v) is 9.70. The molecule has 1 fully saturated rings. The Bertz CT molecular complexity index is 390. The van der Waals surface area contributed by atoms with Crippen molar-refractivity contribution in [3.05, 3.63) is 0 Å². The quantitative estimate of drug-likeness (QED) is 0.764. The van der Waals surface area contributed by atoms with Crippen LogP contribution in [0.15, 0.2) is 0 Å². The molecule has 0 aromatic rings. The van der Waals surface area contributed by atoms with Crippen LogP contribution >= 0.6 is 0 Å². The normalized spacial score (nSPS) is 22.4. The van der Waals surface area contributed by atoms with Crippen LogP contribution in [-0.2, 0) is 9.53 Å². The van der Waals surface area contributed by atoms with Crippen molar-refractivity contribution in [2.24, 2.45) is 11.1 Å². The number of nitrogens with two attached hydrogens (primary N) is 1. The zero-order valence-corrected chi connectivity index (χ0v) is 15.8. The van der Waals surface area contributed by atoms with Crippen molar-refractivity contribution in [1.29, 1.82) is 0 Å². The third-order valence-electron chi connectivity index (χ3n) is 4.37. The first kappa shape index (κ1) is 19.4. The van der Waals surface area contributed by atoms with Crippen LogP contribution in [0.2, 0.25) is 0 Å². The maximum Gasteiger partial charge on any atom is 0.311 e. The molecule has 0 aliphatic carbocycles. The topological polar surface area (TPSA) is 64.4 Å². The highest BCUT2D eigenvalue weighted by Crippen LogP contribution is 2.33. The van der Waals surface area contributed by atoms with E-state index in [4.69, 9.17) is 10.5 Å². The number of esters is 1. The minimum Gasteiger partial charge on any atom is -0.462 e. The van der Waals surface area contributed by atoms with Gasteiger partial charge < -0.3 is 15.8 Å². The van der Waals surface area contributed by atoms with E-state index < -0.39 is 5.41 Å². The van der Waals surface area contributed by atoms with E-state index >= 15 is 0 Å². The number of hydrogen-bond donors (Lipinski definition) is 2. The van der Waals surface area contributed by atoms with Gasteiger partial charge >= 0.3 is 5.97 Å². The number of rotatable bonds is 5. The summed E-state index contributed by atoms with van der Waals surface area (Å²) in [4.78, 5) is 12.6. The Labute approximate surface area is 136 Å². The highest BCUT2D eigenvalue weighted by atomic mass is 16.5. The third kappa shape index (κ3) is 6.25. The fourth-order valence-electron chi connectivity index (χ4n) is 3.36. The van der Waals surface area contributed by atoms with Gasteiger partial charge in [0, 0.05) is 29.5 Å². The summed E-state index contributed by atoms with van der Waals surface area (Å²) < 4.78 is 5.87. The predicted molar refractivity (Wildman–Crippen MR) is 91.7 cm³/mol. The highest BCUT2D eigenvalue weighted by molar-refractivity contribution is 5.76. The second kappa shape index (κ2) is 6.12. The molecule has 1 aliphatic rings. The van der Waals surface area contributed by atoms with Crippen LogP contribution in [0, 0.1) is 5.41 Å². The summed E-state index contributed by atoms with van der Waals surface area (Å²) in [6, 6.07) is 0. The van der Waals surface area contributed by atoms with E-state index in [1.807, 2.05) is 27.7 Å². The third-order valence-corrected chi connectivity index (χ3v) is 4.37. The van der Waals surface area contributed by atoms with Gasteiger partial charge in [0.25, 0.3) is 0 Å². The minimum atomic E-state index is -0.490. The van der Waals surface area contributed by atoms with Gasteiger partial charge in [0.15, 0.2) is 0 Å². The van der Waals surface area contributed by atoms with Crippen LogP contribution in [-0.4, -0.2) is 28.7 Å². The molecule has 1 rings (SSSR count). The Morgan fingerprint density at radius 2 is 1.55 bits per heavy atom. The van der Waals surface area contributed by atoms with Gasteiger partial charge in [0.05, 0.1) is 5.41 Å². The summed E-state index contributed by atoms with van der Waals surface area (Å²) in [6.07, 6.45) is 3.22. The summed E-state index contributed by atoms with van der Waals surface area (Å²) in [5.41, 5.74) is 5.26. The zero-order chi connectivity index (χ0) is 17.4. The molecule has 4 heteroatoms. The molecule has 0 unspecified atom stereocenters. The van der Waals surface area contributed by atoms with Crippen LogP contribution in [0.4, 0.5) is 0 Å². The minimum absolute atomic E-state index is 0.0178. The lowest BCUT2D eigenvalue weighted by Crippen LogP contribution is -2.60. The first-order valence-electron chi connectivity index (χ1n) is 8.41. The fraction of sp³-hybridized carbons (Fsp3) is 0.944. The smallest absolute Gasteiger partial charge is 0.311 e. The number of carbonyl (C=O) groups excluding carboxylic acids is 1. The summed E-state index contributed by atoms with van der Waals surface area (Å²) in [6.45, 7) is 16.6. The van der Waals surface area contributed by atoms with E-state index in [0.717, 1.165) is 25.7 Å². The summed E-state index contributed by atoms with van der Waals surface area (Å²) in [7, 11) is 0. The lowest BCUT2D eigenvalue weighted by Gasteiger charge is -2.46. The number of piperidine rings is 1. The van der Waals surface area contributed by atoms with Crippen molar-refractivity contribution in [1.82, 2.24) is 5.32 Å². The van der Waals surface area contributed by atoms with Crippen molar-refractivity contribution >= 4 is 5.97 Å². The van der Waals surface area contributed by atoms with E-state index in [0.29, 0.717) is 0 Å². The van der Waals surface area contributed by atoms with Crippen LogP contribution in [0.25, 0.3) is 0 Å². The molecule has 0 amide bonds. The van der Waals surface area contributed by atoms with Crippen LogP contribution in [0.3, 0.4) is 0 Å². The summed E-state index contributed by atoms with van der Waals surface area (Å²) in [5, 5.41) is 3.61. The van der Waals surface area contributed by atoms with E-state index in [2.05, 4.69) is 33.0 Å². The molecule has 1 aliphatic heterocycles. The standard InChI is InChI=1S/C18H36N2O2/c1-15(2,9-10-16(3,4)19)14(21)22-13-11-17(5,6)20-18(7,8)12-13/h13,20H,9-12,19H2,1-8H3. The fourth-order valence-corrected chi connectivity index (χ4v) is 3.36. The van der Waals surface area contributed by atoms with Gasteiger partial charge in [-0.3, -0.25) is 4.79 Å². The number of ether oxygens (including phenoxy) is 1. The SMILES string of the molecule is CC(C)(N)CCC(C)(C)C(=O)OC1CC(C)(C)NC(C)(C)C1. The average Bonchev–Trinajstić information content (AvgIpc) is 2.20. The van der Waals surface area contributed by atoms with Gasteiger partial charge in [-0.2, -0.15) is 0 Å². The van der Waals surface area contributed by atoms with Crippen molar-refractivity contribution in [2.75, 3.05) is 0 Å². The maximum absolute atomic E-state index is 12.6. The molecular formula is C18H36N2O2. The molecule has 0 spiro atoms. The predicted octanol–water partition coefficient (Wildman–Crippen LogP) is 3.38. The molecule has 3 N–H and O–H groups in total. The average molecular weight is 312 g/mol. The first-order valence-corrected chi connectivity index (χ1v) is 8.41. The lowest BCUT2D eigenvalue weighted by atomic mass is 9.80. The highest BCUT2D eigenvalue weighted by Gasteiger charge is 2.41. The van der Waals surface area contributed by atoms with Crippen LogP contribution in [0.1, 0.15) is 81.1 Å². The Balaban J connectivity index is 2.67. The second-order valence-electron chi connectivity index (χ2n) is 9.70. The van der Waals surface area contributed by atoms with Gasteiger partial charge in [-0.25, -0.2) is 0 Å². The molecule has 1 heterocycles. The zero-order valence-electron chi connectivity index (χ0n) is 15.8. The maximum atomic E-state index is 12.6. The Hall–Kier alpha value is -0.610. The van der Waals surface area contributed by atoms with Gasteiger partial charge in [-0.05, 0) is 68.2 Å². The molecule has 0 aromatic heterocycles. The van der Waals surface area contributed by atoms with Crippen molar-refractivity contribution < 1.29 is 9.53 Å². The van der Waals surface area contributed by atoms with Crippen molar-refractivity contribution in [2.45, 2.75) is 104 Å². The molecule has 4 nitrogen and oxygen atoms in total. The largest absolute Gasteiger partial charge is 0.462 e. The Morgan fingerprint density at radius 3 is 1.95 bits per heavy atom. The molecule has 22 heavy (non-hydrogen) atoms. The molecule has 130 valence electrons. The Morgan fingerprint density at radius 1 is 1.09 bits per heavy atom. The van der Waals surface area contributed by atoms with E-state index in [9.17, 15) is 4.79 Å². The number of nitrogens with one attached hydrogen (secondary N) is 1. The summed E-state index contributed by atoms with van der Waals surface area (Å²) >= 11 is 0. The molecule has 0 aromatic carbocycles. The Kier molecular flexibility index (Phi) is 5.41. The van der Waals surface area contributed by atoms with Crippen molar-refractivity contribution in [3.63, 3.8) is 0 Å². The van der Waals surface area contributed by atoms with Gasteiger partial charge in [0.2, 0.25) is 0 Å². The molecule has 0 radical (unpaired) electrons. The monoisotopic (exact) mass is 312 g/mol. The van der Waals surface area contributed by atoms with Gasteiger partial charge in [-0.15, -0.1) is 0 Å². The molecular weight excluding hydrogens is 276 g/mol. The first-order chi connectivity index (χ1) is 9.62. The van der Waals surface area contributed by atoms with Gasteiger partial charge in [0.1, 0.15) is 6.10 Å². The molecule has 0 bridgehead atoms. The van der Waals surface area contributed by atoms with Crippen LogP contribution in [0.5, 0.6) is 0 Å². The van der Waals surface area contributed by atoms with E-state index in [1.165, 1.54) is 0 Å². The van der Waals surface area contributed by atoms with Crippen molar-refractivity contribution in [3.8, 4) is 0 Å². The lowest BCUT2D eigenvalue weighted by molar-refractivity contribution is -0.164. The number of carbonyl (C=O) groups is 1. The van der Waals surface area contributed by atoms with Crippen LogP contribution < -0.4 is 11.1 Å². The summed E-state index contributed by atoms with van der Waals surface area (Å²) in [5.74, 6) is -0.102. The number of hydrogen-bond acceptors (Lipinski definition) is 4. The molecule has 0 saturated carbocycles. The van der Waals surface area contributed by atoms with Gasteiger partial charge in [-0.1, -0.05) is 0 Å².